The van der Waals surface area contributed by atoms with Gasteiger partial charge in [0.05, 0.1) is 11.6 Å². The van der Waals surface area contributed by atoms with Gasteiger partial charge in [0.2, 0.25) is 17.6 Å². The number of nitrogens with one attached hydrogen (secondary N) is 2. The lowest BCUT2D eigenvalue weighted by Crippen LogP contribution is -2.57. The van der Waals surface area contributed by atoms with Gasteiger partial charge in [-0.2, -0.15) is 18.4 Å². The first-order valence-electron chi connectivity index (χ1n) is 19.2. The first-order chi connectivity index (χ1) is 26.2. The van der Waals surface area contributed by atoms with Crippen molar-refractivity contribution in [2.45, 2.75) is 129 Å². The van der Waals surface area contributed by atoms with Crippen LogP contribution >= 0.6 is 0 Å². The molecule has 0 radical (unpaired) electrons. The summed E-state index contributed by atoms with van der Waals surface area (Å²) in [5.41, 5.74) is 0.00720. The largest absolute Gasteiger partial charge is 0.460 e. The second kappa shape index (κ2) is 18.8. The molecule has 56 heavy (non-hydrogen) atoms. The molecule has 0 saturated carbocycles. The number of carbonyl (C=O) groups is 4. The molecule has 306 valence electrons. The highest BCUT2D eigenvalue weighted by Gasteiger charge is 2.40. The van der Waals surface area contributed by atoms with E-state index in [0.29, 0.717) is 70.3 Å². The summed E-state index contributed by atoms with van der Waals surface area (Å²) in [7, 11) is 0. The van der Waals surface area contributed by atoms with Gasteiger partial charge in [-0.05, 0) is 110 Å². The van der Waals surface area contributed by atoms with E-state index >= 15 is 0 Å². The van der Waals surface area contributed by atoms with Crippen molar-refractivity contribution in [2.24, 2.45) is 5.92 Å². The summed E-state index contributed by atoms with van der Waals surface area (Å²) in [6.45, 7) is 12.0. The molecule has 2 saturated heterocycles. The lowest BCUT2D eigenvalue weighted by Gasteiger charge is -2.41. The average Bonchev–Trinajstić information content (AvgIpc) is 3.08. The molecule has 0 bridgehead atoms. The summed E-state index contributed by atoms with van der Waals surface area (Å²) < 4.78 is 52.8. The molecular weight excluding hydrogens is 731 g/mol. The Kier molecular flexibility index (Phi) is 14.7. The molecule has 2 aliphatic rings. The Morgan fingerprint density at radius 3 is 2.12 bits per heavy atom. The number of piperidine rings is 1. The Hall–Kier alpha value is -4.94. The number of rotatable bonds is 15. The molecule has 16 heteroatoms. The molecule has 1 aromatic heterocycles. The summed E-state index contributed by atoms with van der Waals surface area (Å²) in [5, 5.41) is 14.6. The van der Waals surface area contributed by atoms with E-state index in [9.17, 15) is 32.3 Å². The van der Waals surface area contributed by atoms with Gasteiger partial charge in [-0.25, -0.2) is 14.8 Å². The molecular formula is C40H54F3N7O6. The number of aromatic nitrogens is 2. The maximum absolute atomic E-state index is 14.0. The minimum Gasteiger partial charge on any atom is -0.460 e. The van der Waals surface area contributed by atoms with Gasteiger partial charge in [-0.3, -0.25) is 14.4 Å². The maximum atomic E-state index is 14.0. The van der Waals surface area contributed by atoms with E-state index in [1.807, 2.05) is 12.1 Å². The van der Waals surface area contributed by atoms with Gasteiger partial charge < -0.3 is 29.9 Å². The fraction of sp³-hybridized carbons (Fsp3) is 0.625. The Balaban J connectivity index is 1.28. The number of amides is 2. The van der Waals surface area contributed by atoms with Crippen molar-refractivity contribution in [2.75, 3.05) is 36.0 Å². The molecule has 2 N–H and O–H groups in total. The van der Waals surface area contributed by atoms with Crippen LogP contribution in [0.2, 0.25) is 0 Å². The fourth-order valence-corrected chi connectivity index (χ4v) is 6.53. The highest BCUT2D eigenvalue weighted by molar-refractivity contribution is 5.87. The monoisotopic (exact) mass is 785 g/mol. The zero-order valence-corrected chi connectivity index (χ0v) is 33.1. The van der Waals surface area contributed by atoms with Crippen molar-refractivity contribution in [3.63, 3.8) is 0 Å². The number of esters is 2. The van der Waals surface area contributed by atoms with Crippen LogP contribution in [0.5, 0.6) is 0 Å². The van der Waals surface area contributed by atoms with Crippen molar-refractivity contribution >= 4 is 35.4 Å². The van der Waals surface area contributed by atoms with Crippen LogP contribution in [0.25, 0.3) is 0 Å². The van der Waals surface area contributed by atoms with Crippen LogP contribution in [-0.4, -0.2) is 83.2 Å². The van der Waals surface area contributed by atoms with E-state index in [1.165, 1.54) is 6.07 Å². The number of nitriles is 1. The van der Waals surface area contributed by atoms with Crippen LogP contribution in [0.4, 0.5) is 24.8 Å². The summed E-state index contributed by atoms with van der Waals surface area (Å²) in [6.07, 6.45) is -1.09. The van der Waals surface area contributed by atoms with E-state index in [0.717, 1.165) is 5.56 Å². The van der Waals surface area contributed by atoms with Crippen LogP contribution in [0.1, 0.15) is 110 Å². The molecule has 2 atom stereocenters. The van der Waals surface area contributed by atoms with Gasteiger partial charge in [0.25, 0.3) is 0 Å². The zero-order chi connectivity index (χ0) is 41.3. The van der Waals surface area contributed by atoms with Gasteiger partial charge in [-0.1, -0.05) is 12.1 Å². The quantitative estimate of drug-likeness (QED) is 0.215. The molecule has 2 fully saturated rings. The first-order valence-corrected chi connectivity index (χ1v) is 19.2. The predicted octanol–water partition coefficient (Wildman–Crippen LogP) is 5.64. The van der Waals surface area contributed by atoms with E-state index < -0.39 is 47.2 Å². The zero-order valence-electron chi connectivity index (χ0n) is 33.1. The van der Waals surface area contributed by atoms with Crippen LogP contribution in [0.15, 0.2) is 30.3 Å². The van der Waals surface area contributed by atoms with E-state index in [1.54, 1.807) is 63.5 Å². The molecule has 3 heterocycles. The topological polar surface area (TPSA) is 167 Å². The van der Waals surface area contributed by atoms with Crippen molar-refractivity contribution in [3.8, 4) is 6.07 Å². The van der Waals surface area contributed by atoms with Gasteiger partial charge in [0, 0.05) is 45.1 Å². The number of nitrogens with zero attached hydrogens (tertiary/aromatic N) is 5. The average molecular weight is 786 g/mol. The Labute approximate surface area is 326 Å². The van der Waals surface area contributed by atoms with Gasteiger partial charge in [0.15, 0.2) is 0 Å². The fourth-order valence-electron chi connectivity index (χ4n) is 6.53. The number of carbonyl (C=O) groups excluding carboxylic acids is 4. The van der Waals surface area contributed by atoms with E-state index in [-0.39, 0.29) is 48.6 Å². The van der Waals surface area contributed by atoms with Crippen LogP contribution < -0.4 is 20.4 Å². The van der Waals surface area contributed by atoms with Gasteiger partial charge in [0.1, 0.15) is 34.9 Å². The highest BCUT2D eigenvalue weighted by Crippen LogP contribution is 2.35. The van der Waals surface area contributed by atoms with E-state index in [2.05, 4.69) is 26.7 Å². The third kappa shape index (κ3) is 13.7. The van der Waals surface area contributed by atoms with Crippen LogP contribution in [-0.2, 0) is 41.2 Å². The summed E-state index contributed by atoms with van der Waals surface area (Å²) >= 11 is 0. The number of hydrogen-bond acceptors (Lipinski definition) is 11. The minimum absolute atomic E-state index is 0.0292. The first kappa shape index (κ1) is 43.8. The number of halogens is 3. The van der Waals surface area contributed by atoms with Crippen molar-refractivity contribution in [3.05, 3.63) is 47.3 Å². The van der Waals surface area contributed by atoms with Crippen LogP contribution in [0, 0.1) is 17.2 Å². The second-order valence-corrected chi connectivity index (χ2v) is 16.4. The number of hydrogen-bond donors (Lipinski definition) is 2. The molecule has 0 aliphatic carbocycles. The molecule has 0 unspecified atom stereocenters. The number of benzene rings is 1. The Morgan fingerprint density at radius 1 is 0.911 bits per heavy atom. The predicted molar refractivity (Wildman–Crippen MR) is 202 cm³/mol. The third-order valence-corrected chi connectivity index (χ3v) is 9.40. The minimum atomic E-state index is -4.79. The van der Waals surface area contributed by atoms with E-state index in [4.69, 9.17) is 14.7 Å². The second-order valence-electron chi connectivity index (χ2n) is 16.4. The number of alkyl halides is 3. The number of ether oxygens (including phenoxy) is 2. The Morgan fingerprint density at radius 2 is 1.55 bits per heavy atom. The Bertz CT molecular complexity index is 1730. The lowest BCUT2D eigenvalue weighted by molar-refractivity contribution is -0.160. The SMILES string of the molecule is CC(C)(C)OC(=O)CC[C@H](NC(=O)CCCC1CCN(c2cc(N3CC[C@H]3C(=O)NCCc3ccc(C#N)cc3)nc(C(F)(F)F)n2)CC1)C(=O)OC(C)(C)C. The van der Waals surface area contributed by atoms with Crippen molar-refractivity contribution in [1.82, 2.24) is 20.6 Å². The lowest BCUT2D eigenvalue weighted by atomic mass is 9.91. The summed E-state index contributed by atoms with van der Waals surface area (Å²) in [6, 6.07) is 8.92. The maximum Gasteiger partial charge on any atom is 0.451 e. The van der Waals surface area contributed by atoms with Crippen molar-refractivity contribution in [1.29, 1.82) is 5.26 Å². The van der Waals surface area contributed by atoms with Gasteiger partial charge in [-0.15, -0.1) is 0 Å². The highest BCUT2D eigenvalue weighted by atomic mass is 19.4. The number of anilines is 2. The molecule has 0 spiro atoms. The standard InChI is InChI=1S/C40H54F3N7O6/c1-38(2,3)55-34(52)15-14-29(36(54)56-39(4,5)6)46-33(51)9-7-8-26-17-21-49(22-18-26)31-24-32(48-37(47-31)40(41,42)43)50-23-19-30(50)35(53)45-20-16-27-10-12-28(25-44)13-11-27/h10-13,24,26,29-30H,7-9,14-23H2,1-6H3,(H,45,53)(H,46,51)/t29-,30-/m0/s1. The molecule has 2 aromatic rings. The van der Waals surface area contributed by atoms with Crippen LogP contribution in [0.3, 0.4) is 0 Å². The molecule has 2 aliphatic heterocycles. The summed E-state index contributed by atoms with van der Waals surface area (Å²) in [4.78, 5) is 62.2. The molecule has 2 amide bonds. The summed E-state index contributed by atoms with van der Waals surface area (Å²) in [5.74, 6) is -2.61. The third-order valence-electron chi connectivity index (χ3n) is 9.40. The molecule has 1 aromatic carbocycles. The smallest absolute Gasteiger partial charge is 0.451 e. The molecule has 13 nitrogen and oxygen atoms in total. The molecule has 4 rings (SSSR count). The normalized spacial score (nSPS) is 17.0. The van der Waals surface area contributed by atoms with Crippen molar-refractivity contribution < 1.29 is 41.8 Å². The van der Waals surface area contributed by atoms with Gasteiger partial charge >= 0.3 is 18.1 Å².